The van der Waals surface area contributed by atoms with Gasteiger partial charge in [-0.2, -0.15) is 5.10 Å². The predicted molar refractivity (Wildman–Crippen MR) is 114 cm³/mol. The van der Waals surface area contributed by atoms with Crippen molar-refractivity contribution in [1.82, 2.24) is 24.6 Å². The first-order valence-electron chi connectivity index (χ1n) is 11.1. The van der Waals surface area contributed by atoms with Gasteiger partial charge < -0.3 is 15.0 Å². The summed E-state index contributed by atoms with van der Waals surface area (Å²) in [4.78, 5) is 27.0. The standard InChI is InChI=1S/C22H31N5O3/c1-2-30-18-11-9-17(10-12-18)19-7-5-15-25(19)21(28)23-13-6-16-27-22(29)26-14-4-3-8-20(26)24-27/h9-12,19H,2-8,13-16H2,1H3,(H,23,28). The molecule has 8 heteroatoms. The molecule has 8 nitrogen and oxygen atoms in total. The molecule has 1 N–H and O–H groups in total. The third-order valence-corrected chi connectivity index (χ3v) is 5.94. The Balaban J connectivity index is 1.28. The summed E-state index contributed by atoms with van der Waals surface area (Å²) in [5, 5.41) is 7.47. The van der Waals surface area contributed by atoms with Gasteiger partial charge in [-0.3, -0.25) is 4.57 Å². The zero-order chi connectivity index (χ0) is 20.9. The van der Waals surface area contributed by atoms with E-state index in [1.807, 2.05) is 36.1 Å². The molecule has 3 heterocycles. The molecule has 2 aliphatic rings. The Labute approximate surface area is 176 Å². The average Bonchev–Trinajstić information content (AvgIpc) is 3.37. The van der Waals surface area contributed by atoms with Gasteiger partial charge in [-0.25, -0.2) is 14.3 Å². The van der Waals surface area contributed by atoms with Gasteiger partial charge in [-0.05, 0) is 56.7 Å². The minimum atomic E-state index is -0.0390. The number of urea groups is 1. The summed E-state index contributed by atoms with van der Waals surface area (Å²) in [6.45, 7) is 5.20. The number of nitrogens with one attached hydrogen (secondary N) is 1. The maximum atomic E-state index is 12.7. The minimum absolute atomic E-state index is 0.0221. The maximum Gasteiger partial charge on any atom is 0.345 e. The number of hydrogen-bond acceptors (Lipinski definition) is 4. The van der Waals surface area contributed by atoms with Crippen molar-refractivity contribution in [2.45, 2.75) is 64.6 Å². The Kier molecular flexibility index (Phi) is 6.40. The molecule has 1 saturated heterocycles. The lowest BCUT2D eigenvalue weighted by atomic mass is 10.0. The van der Waals surface area contributed by atoms with E-state index in [1.54, 1.807) is 9.25 Å². The number of aromatic nitrogens is 3. The average molecular weight is 414 g/mol. The number of benzene rings is 1. The molecule has 0 aliphatic carbocycles. The molecule has 1 fully saturated rings. The maximum absolute atomic E-state index is 12.7. The second-order valence-corrected chi connectivity index (χ2v) is 7.97. The van der Waals surface area contributed by atoms with Crippen LogP contribution in [0.5, 0.6) is 5.75 Å². The number of nitrogens with zero attached hydrogens (tertiary/aromatic N) is 4. The summed E-state index contributed by atoms with van der Waals surface area (Å²) >= 11 is 0. The van der Waals surface area contributed by atoms with Crippen molar-refractivity contribution in [2.24, 2.45) is 0 Å². The highest BCUT2D eigenvalue weighted by atomic mass is 16.5. The molecule has 0 saturated carbocycles. The van der Waals surface area contributed by atoms with Gasteiger partial charge in [0.1, 0.15) is 11.6 Å². The van der Waals surface area contributed by atoms with E-state index in [-0.39, 0.29) is 17.8 Å². The van der Waals surface area contributed by atoms with Gasteiger partial charge in [0.15, 0.2) is 0 Å². The molecular weight excluding hydrogens is 382 g/mol. The van der Waals surface area contributed by atoms with E-state index in [4.69, 9.17) is 4.74 Å². The molecule has 162 valence electrons. The molecule has 0 bridgehead atoms. The van der Waals surface area contributed by atoms with Crippen LogP contribution in [0.15, 0.2) is 29.1 Å². The molecule has 1 aromatic carbocycles. The van der Waals surface area contributed by atoms with Gasteiger partial charge in [0.2, 0.25) is 0 Å². The highest BCUT2D eigenvalue weighted by molar-refractivity contribution is 5.75. The van der Waals surface area contributed by atoms with Gasteiger partial charge in [0.05, 0.1) is 12.6 Å². The summed E-state index contributed by atoms with van der Waals surface area (Å²) < 4.78 is 8.84. The fourth-order valence-electron chi connectivity index (χ4n) is 4.43. The van der Waals surface area contributed by atoms with Crippen molar-refractivity contribution in [1.29, 1.82) is 0 Å². The van der Waals surface area contributed by atoms with Crippen molar-refractivity contribution in [3.8, 4) is 5.75 Å². The number of rotatable bonds is 7. The van der Waals surface area contributed by atoms with Crippen molar-refractivity contribution >= 4 is 6.03 Å². The van der Waals surface area contributed by atoms with Crippen LogP contribution in [0.3, 0.4) is 0 Å². The SMILES string of the molecule is CCOc1ccc(C2CCCN2C(=O)NCCCn2nc3n(c2=O)CCCC3)cc1. The van der Waals surface area contributed by atoms with Crippen molar-refractivity contribution in [3.05, 3.63) is 46.1 Å². The zero-order valence-electron chi connectivity index (χ0n) is 17.7. The molecule has 0 spiro atoms. The molecule has 2 amide bonds. The topological polar surface area (TPSA) is 81.4 Å². The minimum Gasteiger partial charge on any atom is -0.494 e. The fraction of sp³-hybridized carbons (Fsp3) is 0.591. The molecule has 0 radical (unpaired) electrons. The smallest absolute Gasteiger partial charge is 0.345 e. The largest absolute Gasteiger partial charge is 0.494 e. The number of ether oxygens (including phenoxy) is 1. The van der Waals surface area contributed by atoms with Crippen molar-refractivity contribution < 1.29 is 9.53 Å². The second-order valence-electron chi connectivity index (χ2n) is 7.97. The van der Waals surface area contributed by atoms with E-state index in [9.17, 15) is 9.59 Å². The van der Waals surface area contributed by atoms with Crippen LogP contribution in [0.2, 0.25) is 0 Å². The van der Waals surface area contributed by atoms with E-state index in [2.05, 4.69) is 10.4 Å². The van der Waals surface area contributed by atoms with E-state index >= 15 is 0 Å². The van der Waals surface area contributed by atoms with Crippen LogP contribution in [-0.2, 0) is 19.5 Å². The first-order valence-corrected chi connectivity index (χ1v) is 11.1. The lowest BCUT2D eigenvalue weighted by molar-refractivity contribution is 0.192. The molecule has 2 aromatic rings. The molecule has 4 rings (SSSR count). The second kappa shape index (κ2) is 9.36. The lowest BCUT2D eigenvalue weighted by Crippen LogP contribution is -2.40. The number of fused-ring (bicyclic) bond motifs is 1. The molecule has 1 unspecified atom stereocenters. The Morgan fingerprint density at radius 1 is 1.20 bits per heavy atom. The summed E-state index contributed by atoms with van der Waals surface area (Å²) in [6, 6.07) is 8.10. The highest BCUT2D eigenvalue weighted by Gasteiger charge is 2.29. The Bertz CT molecular complexity index is 918. The molecule has 1 atom stereocenters. The molecule has 1 aromatic heterocycles. The Morgan fingerprint density at radius 2 is 2.03 bits per heavy atom. The highest BCUT2D eigenvalue weighted by Crippen LogP contribution is 2.32. The number of likely N-dealkylation sites (tertiary alicyclic amines) is 1. The fourth-order valence-corrected chi connectivity index (χ4v) is 4.43. The molecule has 30 heavy (non-hydrogen) atoms. The van der Waals surface area contributed by atoms with Gasteiger partial charge >= 0.3 is 11.7 Å². The van der Waals surface area contributed by atoms with E-state index in [0.717, 1.165) is 62.3 Å². The van der Waals surface area contributed by atoms with Gasteiger partial charge in [-0.1, -0.05) is 12.1 Å². The first-order chi connectivity index (χ1) is 14.7. The summed E-state index contributed by atoms with van der Waals surface area (Å²) in [5.41, 5.74) is 1.12. The number of aryl methyl sites for hydroxylation is 2. The van der Waals surface area contributed by atoms with Gasteiger partial charge in [0, 0.05) is 32.6 Å². The van der Waals surface area contributed by atoms with E-state index < -0.39 is 0 Å². The monoisotopic (exact) mass is 413 g/mol. The number of amides is 2. The normalized spacial score (nSPS) is 18.3. The van der Waals surface area contributed by atoms with E-state index in [0.29, 0.717) is 26.1 Å². The Morgan fingerprint density at radius 3 is 2.80 bits per heavy atom. The van der Waals surface area contributed by atoms with Crippen LogP contribution in [0.25, 0.3) is 0 Å². The van der Waals surface area contributed by atoms with Crippen LogP contribution in [-0.4, -0.2) is 45.0 Å². The third-order valence-electron chi connectivity index (χ3n) is 5.94. The number of hydrogen-bond donors (Lipinski definition) is 1. The van der Waals surface area contributed by atoms with Gasteiger partial charge in [-0.15, -0.1) is 0 Å². The third kappa shape index (κ3) is 4.37. The Hall–Kier alpha value is -2.77. The first kappa shape index (κ1) is 20.5. The summed E-state index contributed by atoms with van der Waals surface area (Å²) in [7, 11) is 0. The van der Waals surface area contributed by atoms with Crippen LogP contribution in [0, 0.1) is 0 Å². The van der Waals surface area contributed by atoms with Crippen molar-refractivity contribution in [3.63, 3.8) is 0 Å². The summed E-state index contributed by atoms with van der Waals surface area (Å²) in [6.07, 6.45) is 5.67. The molecular formula is C22H31N5O3. The molecule has 2 aliphatic heterocycles. The predicted octanol–water partition coefficient (Wildman–Crippen LogP) is 2.72. The van der Waals surface area contributed by atoms with Crippen LogP contribution in [0.1, 0.15) is 56.5 Å². The summed E-state index contributed by atoms with van der Waals surface area (Å²) in [5.74, 6) is 1.75. The van der Waals surface area contributed by atoms with Gasteiger partial charge in [0.25, 0.3) is 0 Å². The van der Waals surface area contributed by atoms with Crippen molar-refractivity contribution in [2.75, 3.05) is 19.7 Å². The zero-order valence-corrected chi connectivity index (χ0v) is 17.7. The van der Waals surface area contributed by atoms with Crippen LogP contribution in [0.4, 0.5) is 4.79 Å². The van der Waals surface area contributed by atoms with Crippen LogP contribution < -0.4 is 15.7 Å². The quantitative estimate of drug-likeness (QED) is 0.708. The number of carbonyl (C=O) groups excluding carboxylic acids is 1. The van der Waals surface area contributed by atoms with E-state index in [1.165, 1.54) is 0 Å². The number of carbonyl (C=O) groups is 1. The lowest BCUT2D eigenvalue weighted by Gasteiger charge is -2.25. The van der Waals surface area contributed by atoms with Crippen LogP contribution >= 0.6 is 0 Å².